The summed E-state index contributed by atoms with van der Waals surface area (Å²) in [5, 5.41) is 11.9. The van der Waals surface area contributed by atoms with Crippen LogP contribution in [0.2, 0.25) is 0 Å². The van der Waals surface area contributed by atoms with E-state index in [4.69, 9.17) is 0 Å². The first-order valence-corrected chi connectivity index (χ1v) is 8.12. The first-order valence-electron chi connectivity index (χ1n) is 8.12. The molecule has 0 aliphatic carbocycles. The van der Waals surface area contributed by atoms with Gasteiger partial charge in [-0.3, -0.25) is 4.90 Å². The minimum absolute atomic E-state index is 0.0210. The molecule has 0 bridgehead atoms. The van der Waals surface area contributed by atoms with Gasteiger partial charge in [0.1, 0.15) is 0 Å². The molecule has 2 heterocycles. The van der Waals surface area contributed by atoms with Gasteiger partial charge >= 0.3 is 6.03 Å². The summed E-state index contributed by atoms with van der Waals surface area (Å²) in [6, 6.07) is 0.0210. The Kier molecular flexibility index (Phi) is 7.42. The van der Waals surface area contributed by atoms with Crippen LogP contribution < -0.4 is 5.32 Å². The van der Waals surface area contributed by atoms with E-state index in [9.17, 15) is 9.90 Å². The topological polar surface area (TPSA) is 59.1 Å². The number of aliphatic hydroxyl groups excluding tert-OH is 1. The van der Waals surface area contributed by atoms with Crippen LogP contribution in [-0.4, -0.2) is 91.3 Å². The largest absolute Gasteiger partial charge is 0.395 e. The lowest BCUT2D eigenvalue weighted by atomic mass is 9.83. The van der Waals surface area contributed by atoms with Gasteiger partial charge in [-0.1, -0.05) is 13.8 Å². The third-order valence-corrected chi connectivity index (χ3v) is 4.55. The fraction of sp³-hybridized carbons (Fsp3) is 0.933. The molecule has 0 aromatic carbocycles. The Hall–Kier alpha value is -0.850. The molecule has 0 aromatic heterocycles. The summed E-state index contributed by atoms with van der Waals surface area (Å²) in [5.74, 6) is 0. The smallest absolute Gasteiger partial charge is 0.317 e. The van der Waals surface area contributed by atoms with E-state index in [2.05, 4.69) is 22.2 Å². The number of amides is 2. The molecule has 0 atom stereocenters. The summed E-state index contributed by atoms with van der Waals surface area (Å²) < 4.78 is 0. The maximum absolute atomic E-state index is 11.7. The van der Waals surface area contributed by atoms with E-state index in [1.54, 1.807) is 7.05 Å². The van der Waals surface area contributed by atoms with Gasteiger partial charge in [0, 0.05) is 51.9 Å². The Morgan fingerprint density at radius 3 is 2.33 bits per heavy atom. The Bertz CT molecular complexity index is 317. The number of likely N-dealkylation sites (tertiary alicyclic amines) is 1. The van der Waals surface area contributed by atoms with Gasteiger partial charge in [0.05, 0.1) is 6.61 Å². The van der Waals surface area contributed by atoms with Gasteiger partial charge in [-0.05, 0) is 19.9 Å². The summed E-state index contributed by atoms with van der Waals surface area (Å²) in [5.41, 5.74) is 0.139. The van der Waals surface area contributed by atoms with E-state index < -0.39 is 0 Å². The molecule has 2 aliphatic rings. The summed E-state index contributed by atoms with van der Waals surface area (Å²) in [7, 11) is 3.84. The predicted octanol–water partition coefficient (Wildman–Crippen LogP) is 0.426. The average molecular weight is 300 g/mol. The van der Waals surface area contributed by atoms with E-state index in [-0.39, 0.29) is 18.2 Å². The van der Waals surface area contributed by atoms with Crippen LogP contribution in [0.25, 0.3) is 0 Å². The standard InChI is InChI=1S/C13H26N4O2.C2H6/c1-14-12(19)16-5-3-13(4-6-16)11-15(2)7-8-17(13)9-10-18;1-2/h18H,3-11H2,1-2H3,(H,14,19);1-2H3. The van der Waals surface area contributed by atoms with Crippen molar-refractivity contribution in [3.05, 3.63) is 0 Å². The van der Waals surface area contributed by atoms with Gasteiger partial charge in [-0.15, -0.1) is 0 Å². The van der Waals surface area contributed by atoms with Crippen LogP contribution in [-0.2, 0) is 0 Å². The summed E-state index contributed by atoms with van der Waals surface area (Å²) in [6.45, 7) is 9.66. The monoisotopic (exact) mass is 300 g/mol. The van der Waals surface area contributed by atoms with E-state index >= 15 is 0 Å². The molecular weight excluding hydrogens is 268 g/mol. The summed E-state index contributed by atoms with van der Waals surface area (Å²) in [6.07, 6.45) is 1.98. The van der Waals surface area contributed by atoms with Crippen molar-refractivity contribution in [2.24, 2.45) is 0 Å². The highest BCUT2D eigenvalue weighted by Gasteiger charge is 2.43. The number of β-amino-alcohol motifs (C(OH)–C–C–N with tert-alkyl or cyclic N) is 1. The third kappa shape index (κ3) is 4.31. The molecule has 124 valence electrons. The van der Waals surface area contributed by atoms with E-state index in [0.717, 1.165) is 52.1 Å². The molecule has 2 saturated heterocycles. The third-order valence-electron chi connectivity index (χ3n) is 4.55. The Morgan fingerprint density at radius 2 is 1.81 bits per heavy atom. The van der Waals surface area contributed by atoms with Crippen molar-refractivity contribution < 1.29 is 9.90 Å². The Labute approximate surface area is 129 Å². The molecule has 2 aliphatic heterocycles. The molecule has 2 N–H and O–H groups in total. The highest BCUT2D eigenvalue weighted by Crippen LogP contribution is 2.32. The molecule has 2 rings (SSSR count). The first kappa shape index (κ1) is 18.2. The SMILES string of the molecule is CC.CNC(=O)N1CCC2(CC1)CN(C)CCN2CCO. The highest BCUT2D eigenvalue weighted by atomic mass is 16.3. The number of rotatable bonds is 2. The van der Waals surface area contributed by atoms with E-state index in [1.165, 1.54) is 0 Å². The lowest BCUT2D eigenvalue weighted by molar-refractivity contribution is -0.0354. The van der Waals surface area contributed by atoms with Gasteiger partial charge in [0.15, 0.2) is 0 Å². The maximum atomic E-state index is 11.7. The molecule has 2 fully saturated rings. The van der Waals surface area contributed by atoms with Crippen molar-refractivity contribution in [1.29, 1.82) is 0 Å². The zero-order chi connectivity index (χ0) is 15.9. The van der Waals surface area contributed by atoms with Gasteiger partial charge in [-0.25, -0.2) is 4.79 Å². The molecule has 2 amide bonds. The highest BCUT2D eigenvalue weighted by molar-refractivity contribution is 5.73. The Morgan fingerprint density at radius 1 is 1.19 bits per heavy atom. The average Bonchev–Trinajstić information content (AvgIpc) is 2.52. The van der Waals surface area contributed by atoms with Crippen molar-refractivity contribution in [2.75, 3.05) is 60.0 Å². The fourth-order valence-corrected chi connectivity index (χ4v) is 3.44. The van der Waals surface area contributed by atoms with Crippen molar-refractivity contribution >= 4 is 6.03 Å². The second-order valence-electron chi connectivity index (χ2n) is 5.71. The van der Waals surface area contributed by atoms with Crippen LogP contribution in [0.1, 0.15) is 26.7 Å². The number of nitrogens with zero attached hydrogens (tertiary/aromatic N) is 3. The number of hydrogen-bond acceptors (Lipinski definition) is 4. The van der Waals surface area contributed by atoms with Crippen LogP contribution in [0.5, 0.6) is 0 Å². The zero-order valence-electron chi connectivity index (χ0n) is 14.1. The Balaban J connectivity index is 0.00000106. The number of carbonyl (C=O) groups excluding carboxylic acids is 1. The molecule has 0 radical (unpaired) electrons. The van der Waals surface area contributed by atoms with Gasteiger partial charge < -0.3 is 20.2 Å². The van der Waals surface area contributed by atoms with Crippen molar-refractivity contribution in [1.82, 2.24) is 20.0 Å². The number of aliphatic hydroxyl groups is 1. The number of nitrogens with one attached hydrogen (secondary N) is 1. The maximum Gasteiger partial charge on any atom is 0.317 e. The molecule has 21 heavy (non-hydrogen) atoms. The van der Waals surface area contributed by atoms with Gasteiger partial charge in [-0.2, -0.15) is 0 Å². The van der Waals surface area contributed by atoms with Crippen molar-refractivity contribution in [3.8, 4) is 0 Å². The van der Waals surface area contributed by atoms with Crippen molar-refractivity contribution in [2.45, 2.75) is 32.2 Å². The lowest BCUT2D eigenvalue weighted by Gasteiger charge is -2.53. The normalized spacial score (nSPS) is 22.6. The number of carbonyl (C=O) groups is 1. The second kappa shape index (κ2) is 8.56. The van der Waals surface area contributed by atoms with Gasteiger partial charge in [0.25, 0.3) is 0 Å². The zero-order valence-corrected chi connectivity index (χ0v) is 14.1. The predicted molar refractivity (Wildman–Crippen MR) is 85.5 cm³/mol. The van der Waals surface area contributed by atoms with E-state index in [1.807, 2.05) is 18.7 Å². The second-order valence-corrected chi connectivity index (χ2v) is 5.71. The summed E-state index contributed by atoms with van der Waals surface area (Å²) >= 11 is 0. The van der Waals surface area contributed by atoms with Crippen molar-refractivity contribution in [3.63, 3.8) is 0 Å². The number of urea groups is 1. The van der Waals surface area contributed by atoms with Crippen LogP contribution in [0.15, 0.2) is 0 Å². The molecule has 0 aromatic rings. The quantitative estimate of drug-likeness (QED) is 0.776. The van der Waals surface area contributed by atoms with E-state index in [0.29, 0.717) is 0 Å². The van der Waals surface area contributed by atoms with Crippen LogP contribution in [0, 0.1) is 0 Å². The molecule has 6 nitrogen and oxygen atoms in total. The van der Waals surface area contributed by atoms with Crippen LogP contribution in [0.4, 0.5) is 4.79 Å². The number of likely N-dealkylation sites (N-methyl/N-ethyl adjacent to an activating group) is 1. The molecule has 6 heteroatoms. The number of piperidine rings is 1. The molecular formula is C15H32N4O2. The number of hydrogen-bond donors (Lipinski definition) is 2. The summed E-state index contributed by atoms with van der Waals surface area (Å²) in [4.78, 5) is 18.3. The van der Waals surface area contributed by atoms with Crippen LogP contribution in [0.3, 0.4) is 0 Å². The number of piperazine rings is 1. The first-order chi connectivity index (χ1) is 10.1. The van der Waals surface area contributed by atoms with Gasteiger partial charge in [0.2, 0.25) is 0 Å². The molecule has 1 spiro atoms. The van der Waals surface area contributed by atoms with Crippen LogP contribution >= 0.6 is 0 Å². The molecule has 0 saturated carbocycles. The fourth-order valence-electron chi connectivity index (χ4n) is 3.44. The minimum Gasteiger partial charge on any atom is -0.395 e. The lowest BCUT2D eigenvalue weighted by Crippen LogP contribution is -2.66. The molecule has 0 unspecified atom stereocenters. The minimum atomic E-state index is 0.0210.